The Morgan fingerprint density at radius 1 is 1.13 bits per heavy atom. The number of rotatable bonds is 3. The molecule has 1 aromatic carbocycles. The van der Waals surface area contributed by atoms with E-state index in [0.29, 0.717) is 17.1 Å². The zero-order valence-electron chi connectivity index (χ0n) is 12.5. The molecule has 1 atom stereocenters. The summed E-state index contributed by atoms with van der Waals surface area (Å²) in [5.41, 5.74) is 1.82. The van der Waals surface area contributed by atoms with Crippen molar-refractivity contribution in [3.63, 3.8) is 0 Å². The lowest BCUT2D eigenvalue weighted by atomic mass is 9.95. The molecule has 0 spiro atoms. The van der Waals surface area contributed by atoms with Gasteiger partial charge in [-0.1, -0.05) is 36.4 Å². The van der Waals surface area contributed by atoms with Gasteiger partial charge in [0.1, 0.15) is 5.82 Å². The molecule has 1 aliphatic rings. The molecule has 0 bridgehead atoms. The van der Waals surface area contributed by atoms with Crippen molar-refractivity contribution < 1.29 is 9.59 Å². The quantitative estimate of drug-likeness (QED) is 0.814. The van der Waals surface area contributed by atoms with Crippen molar-refractivity contribution in [2.75, 3.05) is 5.32 Å². The van der Waals surface area contributed by atoms with Gasteiger partial charge in [-0.25, -0.2) is 9.78 Å². The standard InChI is InChI=1S/C17H16N4O2/c1-11-14(16(22)20-13-9-5-6-10-18-13)15(21-17(23)19-11)12-7-3-2-4-8-12/h2-10,15H,1H3,(H,18,20,22)(H2,19,21,23). The van der Waals surface area contributed by atoms with Gasteiger partial charge in [0.05, 0.1) is 11.6 Å². The fraction of sp³-hybridized carbons (Fsp3) is 0.118. The topological polar surface area (TPSA) is 83.1 Å². The second-order valence-electron chi connectivity index (χ2n) is 5.15. The van der Waals surface area contributed by atoms with Gasteiger partial charge in [0, 0.05) is 11.9 Å². The highest BCUT2D eigenvalue weighted by Gasteiger charge is 2.31. The van der Waals surface area contributed by atoms with Crippen LogP contribution in [0.3, 0.4) is 0 Å². The van der Waals surface area contributed by atoms with Crippen molar-refractivity contribution in [2.24, 2.45) is 0 Å². The lowest BCUT2D eigenvalue weighted by molar-refractivity contribution is -0.113. The third-order valence-corrected chi connectivity index (χ3v) is 3.55. The number of aromatic nitrogens is 1. The molecule has 1 unspecified atom stereocenters. The van der Waals surface area contributed by atoms with Crippen molar-refractivity contribution in [1.29, 1.82) is 0 Å². The van der Waals surface area contributed by atoms with E-state index in [1.54, 1.807) is 31.3 Å². The van der Waals surface area contributed by atoms with Gasteiger partial charge >= 0.3 is 6.03 Å². The third kappa shape index (κ3) is 3.21. The molecule has 3 amide bonds. The van der Waals surface area contributed by atoms with Crippen LogP contribution < -0.4 is 16.0 Å². The van der Waals surface area contributed by atoms with Crippen LogP contribution in [0.5, 0.6) is 0 Å². The van der Waals surface area contributed by atoms with Crippen LogP contribution in [0.4, 0.5) is 10.6 Å². The molecular formula is C17H16N4O2. The zero-order valence-corrected chi connectivity index (χ0v) is 12.5. The van der Waals surface area contributed by atoms with Gasteiger partial charge in [-0.2, -0.15) is 0 Å². The van der Waals surface area contributed by atoms with Crippen LogP contribution in [0.15, 0.2) is 66.0 Å². The molecule has 0 aliphatic carbocycles. The van der Waals surface area contributed by atoms with E-state index in [0.717, 1.165) is 5.56 Å². The first-order valence-electron chi connectivity index (χ1n) is 7.21. The number of carbonyl (C=O) groups excluding carboxylic acids is 2. The number of urea groups is 1. The second-order valence-corrected chi connectivity index (χ2v) is 5.15. The molecule has 0 fully saturated rings. The summed E-state index contributed by atoms with van der Waals surface area (Å²) in [5.74, 6) is 0.157. The van der Waals surface area contributed by atoms with Gasteiger partial charge in [-0.05, 0) is 24.6 Å². The summed E-state index contributed by atoms with van der Waals surface area (Å²) in [4.78, 5) is 28.5. The summed E-state index contributed by atoms with van der Waals surface area (Å²) in [6.45, 7) is 1.71. The maximum Gasteiger partial charge on any atom is 0.319 e. The number of pyridine rings is 1. The number of amides is 3. The number of hydrogen-bond acceptors (Lipinski definition) is 3. The molecule has 0 saturated carbocycles. The molecule has 1 aliphatic heterocycles. The molecule has 116 valence electrons. The van der Waals surface area contributed by atoms with Crippen molar-refractivity contribution in [2.45, 2.75) is 13.0 Å². The maximum atomic E-state index is 12.7. The van der Waals surface area contributed by atoms with E-state index >= 15 is 0 Å². The molecule has 3 rings (SSSR count). The van der Waals surface area contributed by atoms with Crippen molar-refractivity contribution in [3.05, 3.63) is 71.6 Å². The van der Waals surface area contributed by atoms with Crippen molar-refractivity contribution >= 4 is 17.8 Å². The number of anilines is 1. The highest BCUT2D eigenvalue weighted by Crippen LogP contribution is 2.27. The number of nitrogens with one attached hydrogen (secondary N) is 3. The van der Waals surface area contributed by atoms with Crippen LogP contribution in [0, 0.1) is 0 Å². The van der Waals surface area contributed by atoms with Gasteiger partial charge < -0.3 is 16.0 Å². The highest BCUT2D eigenvalue weighted by molar-refractivity contribution is 6.06. The first-order chi connectivity index (χ1) is 11.1. The lowest BCUT2D eigenvalue weighted by Crippen LogP contribution is -2.46. The fourth-order valence-corrected chi connectivity index (χ4v) is 2.51. The Morgan fingerprint density at radius 3 is 2.57 bits per heavy atom. The smallest absolute Gasteiger partial charge is 0.319 e. The van der Waals surface area contributed by atoms with Crippen molar-refractivity contribution in [1.82, 2.24) is 15.6 Å². The molecule has 23 heavy (non-hydrogen) atoms. The number of nitrogens with zero attached hydrogens (tertiary/aromatic N) is 1. The van der Waals surface area contributed by atoms with Gasteiger partial charge in [0.2, 0.25) is 0 Å². The molecule has 1 aromatic heterocycles. The number of benzene rings is 1. The van der Waals surface area contributed by atoms with E-state index in [9.17, 15) is 9.59 Å². The average molecular weight is 308 g/mol. The Labute approximate surface area is 133 Å². The largest absolute Gasteiger partial charge is 0.327 e. The Bertz CT molecular complexity index is 757. The first kappa shape index (κ1) is 14.8. The Balaban J connectivity index is 1.94. The Hall–Kier alpha value is -3.15. The summed E-state index contributed by atoms with van der Waals surface area (Å²) < 4.78 is 0. The first-order valence-corrected chi connectivity index (χ1v) is 7.21. The molecule has 0 saturated heterocycles. The predicted molar refractivity (Wildman–Crippen MR) is 86.4 cm³/mol. The number of carbonyl (C=O) groups is 2. The second kappa shape index (κ2) is 6.31. The summed E-state index contributed by atoms with van der Waals surface area (Å²) in [5, 5.41) is 8.19. The molecular weight excluding hydrogens is 292 g/mol. The van der Waals surface area contributed by atoms with Crippen LogP contribution in [0.2, 0.25) is 0 Å². The summed E-state index contributed by atoms with van der Waals surface area (Å²) in [6.07, 6.45) is 1.60. The number of allylic oxidation sites excluding steroid dienone is 1. The van der Waals surface area contributed by atoms with Crippen LogP contribution in [-0.4, -0.2) is 16.9 Å². The van der Waals surface area contributed by atoms with E-state index in [1.807, 2.05) is 30.3 Å². The lowest BCUT2D eigenvalue weighted by Gasteiger charge is -2.28. The SMILES string of the molecule is CC1=C(C(=O)Nc2ccccn2)C(c2ccccc2)NC(=O)N1. The van der Waals surface area contributed by atoms with Crippen LogP contribution in [-0.2, 0) is 4.79 Å². The van der Waals surface area contributed by atoms with E-state index in [4.69, 9.17) is 0 Å². The van der Waals surface area contributed by atoms with Gasteiger partial charge in [0.25, 0.3) is 5.91 Å². The molecule has 3 N–H and O–H groups in total. The average Bonchev–Trinajstić information content (AvgIpc) is 2.55. The third-order valence-electron chi connectivity index (χ3n) is 3.55. The van der Waals surface area contributed by atoms with E-state index in [2.05, 4.69) is 20.9 Å². The van der Waals surface area contributed by atoms with Crippen LogP contribution >= 0.6 is 0 Å². The van der Waals surface area contributed by atoms with Crippen LogP contribution in [0.1, 0.15) is 18.5 Å². The van der Waals surface area contributed by atoms with E-state index in [1.165, 1.54) is 0 Å². The summed E-state index contributed by atoms with van der Waals surface area (Å²) in [6, 6.07) is 13.8. The molecule has 2 heterocycles. The molecule has 6 heteroatoms. The molecule has 0 radical (unpaired) electrons. The van der Waals surface area contributed by atoms with E-state index in [-0.39, 0.29) is 11.9 Å². The minimum atomic E-state index is -0.506. The van der Waals surface area contributed by atoms with Gasteiger partial charge in [0.15, 0.2) is 0 Å². The van der Waals surface area contributed by atoms with Crippen LogP contribution in [0.25, 0.3) is 0 Å². The maximum absolute atomic E-state index is 12.7. The van der Waals surface area contributed by atoms with Gasteiger partial charge in [-0.15, -0.1) is 0 Å². The Morgan fingerprint density at radius 2 is 1.87 bits per heavy atom. The van der Waals surface area contributed by atoms with Gasteiger partial charge in [-0.3, -0.25) is 4.79 Å². The normalized spacial score (nSPS) is 17.3. The number of hydrogen-bond donors (Lipinski definition) is 3. The minimum absolute atomic E-state index is 0.303. The van der Waals surface area contributed by atoms with Crippen molar-refractivity contribution in [3.8, 4) is 0 Å². The molecule has 2 aromatic rings. The fourth-order valence-electron chi connectivity index (χ4n) is 2.51. The zero-order chi connectivity index (χ0) is 16.2. The molecule has 6 nitrogen and oxygen atoms in total. The van der Waals surface area contributed by atoms with E-state index < -0.39 is 6.04 Å². The predicted octanol–water partition coefficient (Wildman–Crippen LogP) is 2.35. The summed E-state index contributed by atoms with van der Waals surface area (Å²) >= 11 is 0. The minimum Gasteiger partial charge on any atom is -0.327 e. The monoisotopic (exact) mass is 308 g/mol. The highest BCUT2D eigenvalue weighted by atomic mass is 16.2. The summed E-state index contributed by atoms with van der Waals surface area (Å²) in [7, 11) is 0. The Kier molecular flexibility index (Phi) is 4.05.